The first-order chi connectivity index (χ1) is 10.5. The van der Waals surface area contributed by atoms with Crippen molar-refractivity contribution < 1.29 is 18.7 Å². The zero-order valence-corrected chi connectivity index (χ0v) is 12.6. The quantitative estimate of drug-likeness (QED) is 0.898. The molecule has 0 aliphatic heterocycles. The number of benzene rings is 1. The van der Waals surface area contributed by atoms with Gasteiger partial charge in [0.25, 0.3) is 0 Å². The number of nitrogens with one attached hydrogen (secondary N) is 1. The molecule has 3 nitrogen and oxygen atoms in total. The standard InChI is InChI=1S/C17H21F2NO2/c1-9(16(21)12-4-5-14(18)15(19)8-12)20-17(22)13-7-10-2-3-11(13)6-10/h4-5,8-11,13,16,21H,2-3,6-7H2,1H3,(H,20,22). The van der Waals surface area contributed by atoms with Gasteiger partial charge >= 0.3 is 0 Å². The monoisotopic (exact) mass is 309 g/mol. The van der Waals surface area contributed by atoms with Gasteiger partial charge in [0.1, 0.15) is 0 Å². The van der Waals surface area contributed by atoms with E-state index < -0.39 is 23.8 Å². The van der Waals surface area contributed by atoms with Crippen molar-refractivity contribution in [2.45, 2.75) is 44.8 Å². The van der Waals surface area contributed by atoms with E-state index >= 15 is 0 Å². The Labute approximate surface area is 128 Å². The van der Waals surface area contributed by atoms with Gasteiger partial charge in [-0.1, -0.05) is 12.5 Å². The lowest BCUT2D eigenvalue weighted by Crippen LogP contribution is -2.42. The molecule has 120 valence electrons. The third kappa shape index (κ3) is 2.86. The molecule has 0 aromatic heterocycles. The van der Waals surface area contributed by atoms with Crippen LogP contribution in [0.25, 0.3) is 0 Å². The molecule has 1 amide bonds. The number of hydrogen-bond acceptors (Lipinski definition) is 2. The Morgan fingerprint density at radius 3 is 2.64 bits per heavy atom. The second-order valence-corrected chi connectivity index (χ2v) is 6.70. The van der Waals surface area contributed by atoms with Gasteiger partial charge in [-0.3, -0.25) is 4.79 Å². The summed E-state index contributed by atoms with van der Waals surface area (Å²) in [4.78, 5) is 12.3. The molecule has 0 heterocycles. The Morgan fingerprint density at radius 1 is 1.27 bits per heavy atom. The number of aliphatic hydroxyl groups is 1. The molecule has 2 bridgehead atoms. The molecule has 2 fully saturated rings. The number of carbonyl (C=O) groups excluding carboxylic acids is 1. The van der Waals surface area contributed by atoms with Crippen LogP contribution in [0.4, 0.5) is 8.78 Å². The average molecular weight is 309 g/mol. The lowest BCUT2D eigenvalue weighted by Gasteiger charge is -2.26. The van der Waals surface area contributed by atoms with Crippen LogP contribution in [-0.4, -0.2) is 17.1 Å². The fraction of sp³-hybridized carbons (Fsp3) is 0.588. The van der Waals surface area contributed by atoms with Gasteiger partial charge in [-0.05, 0) is 55.7 Å². The summed E-state index contributed by atoms with van der Waals surface area (Å²) in [5.41, 5.74) is 0.264. The number of hydrogen-bond donors (Lipinski definition) is 2. The molecular formula is C17H21F2NO2. The number of aliphatic hydroxyl groups excluding tert-OH is 1. The highest BCUT2D eigenvalue weighted by Gasteiger charge is 2.43. The normalized spacial score (nSPS) is 29.4. The van der Waals surface area contributed by atoms with E-state index in [9.17, 15) is 18.7 Å². The molecule has 5 atom stereocenters. The van der Waals surface area contributed by atoms with Crippen molar-refractivity contribution in [3.8, 4) is 0 Å². The van der Waals surface area contributed by atoms with E-state index in [2.05, 4.69) is 5.32 Å². The van der Waals surface area contributed by atoms with Crippen LogP contribution >= 0.6 is 0 Å². The maximum absolute atomic E-state index is 13.2. The Hall–Kier alpha value is -1.49. The summed E-state index contributed by atoms with van der Waals surface area (Å²) < 4.78 is 26.2. The molecule has 2 aliphatic rings. The van der Waals surface area contributed by atoms with E-state index in [4.69, 9.17) is 0 Å². The van der Waals surface area contributed by atoms with E-state index in [1.54, 1.807) is 6.92 Å². The molecule has 1 aromatic rings. The molecule has 1 aromatic carbocycles. The molecule has 3 rings (SSSR count). The highest BCUT2D eigenvalue weighted by Crippen LogP contribution is 2.48. The SMILES string of the molecule is CC(NC(=O)C1CC2CCC1C2)C(O)c1ccc(F)c(F)c1. The van der Waals surface area contributed by atoms with Gasteiger partial charge in [-0.25, -0.2) is 8.78 Å². The van der Waals surface area contributed by atoms with Gasteiger partial charge in [0.15, 0.2) is 11.6 Å². The molecule has 5 unspecified atom stereocenters. The van der Waals surface area contributed by atoms with Crippen LogP contribution < -0.4 is 5.32 Å². The van der Waals surface area contributed by atoms with E-state index in [1.807, 2.05) is 0 Å². The molecule has 2 aliphatic carbocycles. The van der Waals surface area contributed by atoms with Crippen molar-refractivity contribution in [2.24, 2.45) is 17.8 Å². The Balaban J connectivity index is 1.62. The van der Waals surface area contributed by atoms with Crippen LogP contribution in [0, 0.1) is 29.4 Å². The van der Waals surface area contributed by atoms with E-state index in [1.165, 1.54) is 12.5 Å². The number of amides is 1. The minimum atomic E-state index is -1.06. The molecule has 2 saturated carbocycles. The minimum Gasteiger partial charge on any atom is -0.386 e. The molecule has 22 heavy (non-hydrogen) atoms. The van der Waals surface area contributed by atoms with Gasteiger partial charge in [-0.2, -0.15) is 0 Å². The van der Waals surface area contributed by atoms with Crippen LogP contribution in [0.1, 0.15) is 44.3 Å². The van der Waals surface area contributed by atoms with Crippen molar-refractivity contribution in [3.63, 3.8) is 0 Å². The lowest BCUT2D eigenvalue weighted by molar-refractivity contribution is -0.128. The first kappa shape index (κ1) is 15.4. The largest absolute Gasteiger partial charge is 0.386 e. The topological polar surface area (TPSA) is 49.3 Å². The summed E-state index contributed by atoms with van der Waals surface area (Å²) in [5.74, 6) is -0.790. The first-order valence-electron chi connectivity index (χ1n) is 7.89. The van der Waals surface area contributed by atoms with Crippen LogP contribution in [0.2, 0.25) is 0 Å². The third-order valence-corrected chi connectivity index (χ3v) is 5.20. The third-order valence-electron chi connectivity index (χ3n) is 5.20. The van der Waals surface area contributed by atoms with Gasteiger partial charge in [-0.15, -0.1) is 0 Å². The predicted molar refractivity (Wildman–Crippen MR) is 77.9 cm³/mol. The minimum absolute atomic E-state index is 0.0265. The Morgan fingerprint density at radius 2 is 2.05 bits per heavy atom. The summed E-state index contributed by atoms with van der Waals surface area (Å²) in [6.45, 7) is 1.68. The molecule has 0 spiro atoms. The summed E-state index contributed by atoms with van der Waals surface area (Å²) in [5, 5.41) is 13.1. The van der Waals surface area contributed by atoms with Crippen LogP contribution in [-0.2, 0) is 4.79 Å². The van der Waals surface area contributed by atoms with Crippen molar-refractivity contribution >= 4 is 5.91 Å². The summed E-state index contributed by atoms with van der Waals surface area (Å²) in [7, 11) is 0. The van der Waals surface area contributed by atoms with E-state index in [0.717, 1.165) is 31.4 Å². The fourth-order valence-corrected chi connectivity index (χ4v) is 3.96. The molecular weight excluding hydrogens is 288 g/mol. The number of fused-ring (bicyclic) bond motifs is 2. The molecule has 5 heteroatoms. The molecule has 0 radical (unpaired) electrons. The van der Waals surface area contributed by atoms with E-state index in [-0.39, 0.29) is 17.4 Å². The highest BCUT2D eigenvalue weighted by atomic mass is 19.2. The second-order valence-electron chi connectivity index (χ2n) is 6.70. The van der Waals surface area contributed by atoms with E-state index in [0.29, 0.717) is 11.8 Å². The smallest absolute Gasteiger partial charge is 0.223 e. The second kappa shape index (κ2) is 5.95. The van der Waals surface area contributed by atoms with Gasteiger partial charge in [0, 0.05) is 5.92 Å². The van der Waals surface area contributed by atoms with Crippen molar-refractivity contribution in [2.75, 3.05) is 0 Å². The first-order valence-corrected chi connectivity index (χ1v) is 7.89. The van der Waals surface area contributed by atoms with Crippen LogP contribution in [0.15, 0.2) is 18.2 Å². The fourth-order valence-electron chi connectivity index (χ4n) is 3.96. The highest BCUT2D eigenvalue weighted by molar-refractivity contribution is 5.79. The molecule has 2 N–H and O–H groups in total. The Bertz CT molecular complexity index is 578. The predicted octanol–water partition coefficient (Wildman–Crippen LogP) is 2.94. The van der Waals surface area contributed by atoms with Crippen LogP contribution in [0.5, 0.6) is 0 Å². The number of rotatable bonds is 4. The molecule has 0 saturated heterocycles. The summed E-state index contributed by atoms with van der Waals surface area (Å²) in [6, 6.07) is 2.75. The van der Waals surface area contributed by atoms with Crippen molar-refractivity contribution in [1.29, 1.82) is 0 Å². The summed E-state index contributed by atoms with van der Waals surface area (Å²) in [6.07, 6.45) is 3.35. The maximum Gasteiger partial charge on any atom is 0.223 e. The lowest BCUT2D eigenvalue weighted by atomic mass is 9.88. The van der Waals surface area contributed by atoms with Crippen molar-refractivity contribution in [3.05, 3.63) is 35.4 Å². The van der Waals surface area contributed by atoms with Gasteiger partial charge in [0.05, 0.1) is 12.1 Å². The number of carbonyl (C=O) groups is 1. The zero-order chi connectivity index (χ0) is 15.9. The maximum atomic E-state index is 13.2. The Kier molecular flexibility index (Phi) is 4.17. The van der Waals surface area contributed by atoms with Crippen molar-refractivity contribution in [1.82, 2.24) is 5.32 Å². The average Bonchev–Trinajstić information content (AvgIpc) is 3.12. The number of halogens is 2. The summed E-state index contributed by atoms with van der Waals surface area (Å²) >= 11 is 0. The van der Waals surface area contributed by atoms with Gasteiger partial charge in [0.2, 0.25) is 5.91 Å². The van der Waals surface area contributed by atoms with Crippen LogP contribution in [0.3, 0.4) is 0 Å². The zero-order valence-electron chi connectivity index (χ0n) is 12.6. The van der Waals surface area contributed by atoms with Gasteiger partial charge < -0.3 is 10.4 Å².